The number of guanidine groups is 1. The third-order valence-electron chi connectivity index (χ3n) is 4.01. The Morgan fingerprint density at radius 2 is 1.69 bits per heavy atom. The Bertz CT molecular complexity index is 661. The molecule has 0 unspecified atom stereocenters. The monoisotopic (exact) mass is 405 g/mol. The number of hydrogen-bond acceptors (Lipinski definition) is 4. The van der Waals surface area contributed by atoms with E-state index in [0.717, 1.165) is 37.7 Å². The van der Waals surface area contributed by atoms with Gasteiger partial charge < -0.3 is 20.3 Å². The number of carbonyl (C=O) groups excluding carboxylic acids is 1. The number of hydrogen-bond donors (Lipinski definition) is 3. The largest absolute Gasteiger partial charge is 0.444 e. The van der Waals surface area contributed by atoms with Gasteiger partial charge in [0.25, 0.3) is 0 Å². The van der Waals surface area contributed by atoms with Crippen molar-refractivity contribution in [3.8, 4) is 0 Å². The minimum Gasteiger partial charge on any atom is -0.444 e. The van der Waals surface area contributed by atoms with Crippen molar-refractivity contribution in [2.75, 3.05) is 46.1 Å². The van der Waals surface area contributed by atoms with Crippen LogP contribution in [0.25, 0.3) is 0 Å². The van der Waals surface area contributed by atoms with Crippen LogP contribution in [0.3, 0.4) is 0 Å². The number of nitrogens with one attached hydrogen (secondary N) is 3. The first-order chi connectivity index (χ1) is 13.4. The van der Waals surface area contributed by atoms with Crippen LogP contribution >= 0.6 is 0 Å². The van der Waals surface area contributed by atoms with E-state index in [0.29, 0.717) is 0 Å². The molecule has 1 aromatic carbocycles. The zero-order valence-corrected chi connectivity index (χ0v) is 19.3. The van der Waals surface area contributed by atoms with Gasteiger partial charge in [-0.05, 0) is 64.4 Å². The van der Waals surface area contributed by atoms with Crippen LogP contribution in [0.5, 0.6) is 0 Å². The second kappa shape index (κ2) is 11.0. The molecule has 0 saturated heterocycles. The molecule has 0 atom stereocenters. The van der Waals surface area contributed by atoms with Gasteiger partial charge in [0.05, 0.1) is 0 Å². The van der Waals surface area contributed by atoms with Crippen LogP contribution in [-0.4, -0.2) is 63.3 Å². The lowest BCUT2D eigenvalue weighted by Gasteiger charge is -2.29. The summed E-state index contributed by atoms with van der Waals surface area (Å²) in [6.45, 7) is 12.6. The maximum Gasteiger partial charge on any atom is 0.412 e. The number of carbonyl (C=O) groups is 1. The van der Waals surface area contributed by atoms with E-state index in [4.69, 9.17) is 4.74 Å². The van der Waals surface area contributed by atoms with Gasteiger partial charge in [-0.3, -0.25) is 10.3 Å². The highest BCUT2D eigenvalue weighted by Gasteiger charge is 2.19. The molecule has 0 fully saturated rings. The Morgan fingerprint density at radius 1 is 1.07 bits per heavy atom. The fourth-order valence-corrected chi connectivity index (χ4v) is 2.96. The molecule has 1 rings (SSSR count). The van der Waals surface area contributed by atoms with Crippen LogP contribution in [0.1, 0.15) is 40.2 Å². The van der Waals surface area contributed by atoms with E-state index in [-0.39, 0.29) is 5.41 Å². The van der Waals surface area contributed by atoms with Crippen LogP contribution in [0.15, 0.2) is 29.3 Å². The molecule has 29 heavy (non-hydrogen) atoms. The van der Waals surface area contributed by atoms with Crippen molar-refractivity contribution in [3.05, 3.63) is 29.8 Å². The number of aliphatic imine (C=N–C) groups is 1. The van der Waals surface area contributed by atoms with Gasteiger partial charge in [0.15, 0.2) is 5.96 Å². The highest BCUT2D eigenvalue weighted by Crippen LogP contribution is 2.14. The first-order valence-corrected chi connectivity index (χ1v) is 10.1. The summed E-state index contributed by atoms with van der Waals surface area (Å²) in [7, 11) is 5.96. The molecule has 7 nitrogen and oxygen atoms in total. The number of ether oxygens (including phenoxy) is 1. The number of nitrogens with zero attached hydrogens (tertiary/aromatic N) is 2. The first kappa shape index (κ1) is 24.8. The minimum atomic E-state index is -0.510. The first-order valence-electron chi connectivity index (χ1n) is 10.1. The van der Waals surface area contributed by atoms with Gasteiger partial charge in [0, 0.05) is 32.4 Å². The Morgan fingerprint density at radius 3 is 2.21 bits per heavy atom. The molecule has 0 radical (unpaired) electrons. The van der Waals surface area contributed by atoms with Gasteiger partial charge in [-0.25, -0.2) is 4.79 Å². The Labute approximate surface area is 176 Å². The quantitative estimate of drug-likeness (QED) is 0.457. The van der Waals surface area contributed by atoms with Gasteiger partial charge in [-0.15, -0.1) is 0 Å². The van der Waals surface area contributed by atoms with E-state index < -0.39 is 11.7 Å². The highest BCUT2D eigenvalue weighted by atomic mass is 16.6. The van der Waals surface area contributed by atoms with Crippen molar-refractivity contribution in [2.45, 2.75) is 46.6 Å². The van der Waals surface area contributed by atoms with Crippen molar-refractivity contribution in [1.82, 2.24) is 15.5 Å². The maximum absolute atomic E-state index is 11.8. The van der Waals surface area contributed by atoms with Crippen LogP contribution < -0.4 is 16.0 Å². The molecule has 0 heterocycles. The van der Waals surface area contributed by atoms with E-state index >= 15 is 0 Å². The third kappa shape index (κ3) is 11.3. The SMILES string of the molecule is CN=C(NCCc1ccc(NC(=O)OC(C)(C)C)cc1)NCC(C)(C)CN(C)C. The van der Waals surface area contributed by atoms with Gasteiger partial charge >= 0.3 is 6.09 Å². The van der Waals surface area contributed by atoms with Gasteiger partial charge in [-0.1, -0.05) is 26.0 Å². The van der Waals surface area contributed by atoms with Crippen LogP contribution in [0, 0.1) is 5.41 Å². The normalized spacial score (nSPS) is 12.7. The lowest BCUT2D eigenvalue weighted by Crippen LogP contribution is -2.45. The lowest BCUT2D eigenvalue weighted by atomic mass is 9.93. The van der Waals surface area contributed by atoms with Crippen LogP contribution in [0.2, 0.25) is 0 Å². The molecular weight excluding hydrogens is 366 g/mol. The van der Waals surface area contributed by atoms with Crippen LogP contribution in [0.4, 0.5) is 10.5 Å². The van der Waals surface area contributed by atoms with Crippen molar-refractivity contribution in [1.29, 1.82) is 0 Å². The smallest absolute Gasteiger partial charge is 0.412 e. The Kier molecular flexibility index (Phi) is 9.43. The van der Waals surface area contributed by atoms with E-state index in [9.17, 15) is 4.79 Å². The third-order valence-corrected chi connectivity index (χ3v) is 4.01. The predicted molar refractivity (Wildman–Crippen MR) is 122 cm³/mol. The summed E-state index contributed by atoms with van der Waals surface area (Å²) in [6, 6.07) is 7.78. The zero-order valence-electron chi connectivity index (χ0n) is 19.3. The zero-order chi connectivity index (χ0) is 22.1. The number of anilines is 1. The molecule has 0 aromatic heterocycles. The topological polar surface area (TPSA) is 78.0 Å². The van der Waals surface area contributed by atoms with E-state index in [1.807, 2.05) is 45.0 Å². The summed E-state index contributed by atoms with van der Waals surface area (Å²) < 4.78 is 5.26. The molecule has 0 aliphatic heterocycles. The molecule has 164 valence electrons. The average molecular weight is 406 g/mol. The molecule has 0 aliphatic carbocycles. The number of rotatable bonds is 8. The van der Waals surface area contributed by atoms with E-state index in [2.05, 4.69) is 53.8 Å². The minimum absolute atomic E-state index is 0.151. The average Bonchev–Trinajstić information content (AvgIpc) is 2.56. The fourth-order valence-electron chi connectivity index (χ4n) is 2.96. The van der Waals surface area contributed by atoms with Gasteiger partial charge in [-0.2, -0.15) is 0 Å². The molecular formula is C22H39N5O2. The molecule has 0 saturated carbocycles. The number of amides is 1. The summed E-state index contributed by atoms with van der Waals surface area (Å²) in [4.78, 5) is 18.3. The Balaban J connectivity index is 2.42. The molecule has 0 bridgehead atoms. The van der Waals surface area contributed by atoms with Gasteiger partial charge in [0.2, 0.25) is 0 Å². The standard InChI is InChI=1S/C22H39N5O2/c1-21(2,3)29-20(28)26-18-11-9-17(10-12-18)13-14-24-19(23-6)25-15-22(4,5)16-27(7)8/h9-12H,13-16H2,1-8H3,(H,26,28)(H2,23,24,25). The van der Waals surface area contributed by atoms with Crippen LogP contribution in [-0.2, 0) is 11.2 Å². The number of benzene rings is 1. The molecule has 0 aliphatic rings. The predicted octanol–water partition coefficient (Wildman–Crippen LogP) is 3.33. The summed E-state index contributed by atoms with van der Waals surface area (Å²) in [6.07, 6.45) is 0.410. The van der Waals surface area contributed by atoms with Crippen molar-refractivity contribution in [3.63, 3.8) is 0 Å². The highest BCUT2D eigenvalue weighted by molar-refractivity contribution is 5.84. The summed E-state index contributed by atoms with van der Waals surface area (Å²) >= 11 is 0. The van der Waals surface area contributed by atoms with Crippen molar-refractivity contribution < 1.29 is 9.53 Å². The molecule has 1 aromatic rings. The van der Waals surface area contributed by atoms with Gasteiger partial charge in [0.1, 0.15) is 5.60 Å². The molecule has 0 spiro atoms. The van der Waals surface area contributed by atoms with E-state index in [1.165, 1.54) is 5.56 Å². The maximum atomic E-state index is 11.8. The molecule has 1 amide bonds. The van der Waals surface area contributed by atoms with E-state index in [1.54, 1.807) is 7.05 Å². The van der Waals surface area contributed by atoms with Crippen molar-refractivity contribution in [2.24, 2.45) is 10.4 Å². The fraction of sp³-hybridized carbons (Fsp3) is 0.636. The lowest BCUT2D eigenvalue weighted by molar-refractivity contribution is 0.0636. The molecule has 3 N–H and O–H groups in total. The molecule has 7 heteroatoms. The summed E-state index contributed by atoms with van der Waals surface area (Å²) in [5.74, 6) is 0.806. The summed E-state index contributed by atoms with van der Waals surface area (Å²) in [5.41, 5.74) is 1.54. The summed E-state index contributed by atoms with van der Waals surface area (Å²) in [5, 5.41) is 9.50. The second-order valence-corrected chi connectivity index (χ2v) is 9.33. The Hall–Kier alpha value is -2.28. The van der Waals surface area contributed by atoms with Crippen molar-refractivity contribution >= 4 is 17.7 Å². The second-order valence-electron chi connectivity index (χ2n) is 9.33.